The van der Waals surface area contributed by atoms with E-state index in [1.807, 2.05) is 61.0 Å². The van der Waals surface area contributed by atoms with Crippen LogP contribution in [-0.4, -0.2) is 39.9 Å². The number of nitrogens with one attached hydrogen (secondary N) is 3. The number of fused-ring (bicyclic) bond motifs is 1. The molecule has 25 heavy (non-hydrogen) atoms. The van der Waals surface area contributed by atoms with E-state index in [1.54, 1.807) is 0 Å². The molecular formula is C18H22N6O. The van der Waals surface area contributed by atoms with E-state index in [0.717, 1.165) is 23.6 Å². The first-order valence-electron chi connectivity index (χ1n) is 8.34. The zero-order valence-electron chi connectivity index (χ0n) is 14.4. The summed E-state index contributed by atoms with van der Waals surface area (Å²) in [6, 6.07) is 9.61. The third-order valence-electron chi connectivity index (χ3n) is 3.67. The molecule has 0 aliphatic carbocycles. The maximum atomic E-state index is 12.2. The van der Waals surface area contributed by atoms with Gasteiger partial charge < -0.3 is 20.4 Å². The van der Waals surface area contributed by atoms with Gasteiger partial charge in [-0.05, 0) is 32.0 Å². The van der Waals surface area contributed by atoms with Gasteiger partial charge in [-0.3, -0.25) is 4.79 Å². The van der Waals surface area contributed by atoms with Crippen molar-refractivity contribution in [3.63, 3.8) is 0 Å². The molecule has 0 aromatic carbocycles. The van der Waals surface area contributed by atoms with E-state index < -0.39 is 0 Å². The molecular weight excluding hydrogens is 316 g/mol. The number of aryl methyl sites for hydroxylation is 1. The highest BCUT2D eigenvalue weighted by atomic mass is 16.1. The van der Waals surface area contributed by atoms with Crippen molar-refractivity contribution in [2.75, 3.05) is 30.3 Å². The fourth-order valence-corrected chi connectivity index (χ4v) is 2.54. The quantitative estimate of drug-likeness (QED) is 0.576. The summed E-state index contributed by atoms with van der Waals surface area (Å²) in [5, 5.41) is 9.21. The summed E-state index contributed by atoms with van der Waals surface area (Å²) in [5.41, 5.74) is 2.54. The molecule has 7 nitrogen and oxygen atoms in total. The number of rotatable bonds is 7. The van der Waals surface area contributed by atoms with Gasteiger partial charge in [0.2, 0.25) is 5.95 Å². The van der Waals surface area contributed by atoms with Gasteiger partial charge in [-0.25, -0.2) is 4.98 Å². The Morgan fingerprint density at radius 2 is 2.04 bits per heavy atom. The van der Waals surface area contributed by atoms with Crippen molar-refractivity contribution in [3.8, 4) is 0 Å². The van der Waals surface area contributed by atoms with Gasteiger partial charge in [-0.15, -0.1) is 0 Å². The third kappa shape index (κ3) is 4.26. The van der Waals surface area contributed by atoms with Crippen LogP contribution in [-0.2, 0) is 0 Å². The first kappa shape index (κ1) is 16.8. The van der Waals surface area contributed by atoms with Crippen LogP contribution < -0.4 is 16.0 Å². The average molecular weight is 338 g/mol. The zero-order valence-corrected chi connectivity index (χ0v) is 14.4. The van der Waals surface area contributed by atoms with Crippen LogP contribution >= 0.6 is 0 Å². The maximum Gasteiger partial charge on any atom is 0.252 e. The standard InChI is InChI=1S/C18H22N6O/c1-3-19-18-22-13(2)10-16(23-18)20-7-8-21-17(25)14-11-15-6-4-5-9-24(15)12-14/h4-6,9-12H,3,7-8H2,1-2H3,(H,21,25)(H2,19,20,22,23). The summed E-state index contributed by atoms with van der Waals surface area (Å²) in [7, 11) is 0. The third-order valence-corrected chi connectivity index (χ3v) is 3.67. The number of nitrogens with zero attached hydrogens (tertiary/aromatic N) is 3. The molecule has 3 aromatic rings. The summed E-state index contributed by atoms with van der Waals surface area (Å²) in [4.78, 5) is 20.9. The van der Waals surface area contributed by atoms with Crippen LogP contribution in [0.3, 0.4) is 0 Å². The number of hydrogen-bond acceptors (Lipinski definition) is 5. The molecule has 3 N–H and O–H groups in total. The molecule has 3 rings (SSSR count). The Bertz CT molecular complexity index is 840. The number of amides is 1. The predicted molar refractivity (Wildman–Crippen MR) is 99.2 cm³/mol. The molecule has 0 fully saturated rings. The van der Waals surface area contributed by atoms with Crippen molar-refractivity contribution < 1.29 is 4.79 Å². The fraction of sp³-hybridized carbons (Fsp3) is 0.278. The van der Waals surface area contributed by atoms with Gasteiger partial charge in [0.1, 0.15) is 5.82 Å². The van der Waals surface area contributed by atoms with E-state index in [9.17, 15) is 4.79 Å². The smallest absolute Gasteiger partial charge is 0.252 e. The molecule has 130 valence electrons. The Hall–Kier alpha value is -3.09. The second-order valence-corrected chi connectivity index (χ2v) is 5.69. The topological polar surface area (TPSA) is 83.4 Å². The van der Waals surface area contributed by atoms with Crippen molar-refractivity contribution in [1.29, 1.82) is 0 Å². The summed E-state index contributed by atoms with van der Waals surface area (Å²) in [6.45, 7) is 5.78. The lowest BCUT2D eigenvalue weighted by molar-refractivity contribution is 0.0955. The molecule has 3 heterocycles. The van der Waals surface area contributed by atoms with Gasteiger partial charge in [0.25, 0.3) is 5.91 Å². The number of carbonyl (C=O) groups excluding carboxylic acids is 1. The van der Waals surface area contributed by atoms with Crippen molar-refractivity contribution in [2.24, 2.45) is 0 Å². The van der Waals surface area contributed by atoms with Gasteiger partial charge in [-0.1, -0.05) is 6.07 Å². The highest BCUT2D eigenvalue weighted by Gasteiger charge is 2.08. The lowest BCUT2D eigenvalue weighted by atomic mass is 10.3. The molecule has 7 heteroatoms. The number of carbonyl (C=O) groups is 1. The van der Waals surface area contributed by atoms with Gasteiger partial charge in [-0.2, -0.15) is 4.98 Å². The number of hydrogen-bond donors (Lipinski definition) is 3. The van der Waals surface area contributed by atoms with Crippen molar-refractivity contribution in [1.82, 2.24) is 19.7 Å². The van der Waals surface area contributed by atoms with E-state index in [4.69, 9.17) is 0 Å². The van der Waals surface area contributed by atoms with Crippen LogP contribution in [0.5, 0.6) is 0 Å². The highest BCUT2D eigenvalue weighted by molar-refractivity contribution is 5.95. The van der Waals surface area contributed by atoms with Gasteiger partial charge in [0.05, 0.1) is 5.56 Å². The Labute approximate surface area is 146 Å². The second-order valence-electron chi connectivity index (χ2n) is 5.69. The van der Waals surface area contributed by atoms with E-state index >= 15 is 0 Å². The predicted octanol–water partition coefficient (Wildman–Crippen LogP) is 2.31. The minimum absolute atomic E-state index is 0.0855. The second kappa shape index (κ2) is 7.65. The lowest BCUT2D eigenvalue weighted by Gasteiger charge is -2.09. The number of aromatic nitrogens is 3. The first-order chi connectivity index (χ1) is 12.2. The van der Waals surface area contributed by atoms with Crippen LogP contribution in [0.1, 0.15) is 23.0 Å². The minimum atomic E-state index is -0.0855. The Balaban J connectivity index is 1.52. The first-order valence-corrected chi connectivity index (χ1v) is 8.34. The number of anilines is 2. The Kier molecular flexibility index (Phi) is 5.13. The summed E-state index contributed by atoms with van der Waals surface area (Å²) < 4.78 is 1.93. The zero-order chi connectivity index (χ0) is 17.6. The molecule has 0 aliphatic rings. The lowest BCUT2D eigenvalue weighted by Crippen LogP contribution is -2.28. The monoisotopic (exact) mass is 338 g/mol. The maximum absolute atomic E-state index is 12.2. The van der Waals surface area contributed by atoms with E-state index in [1.165, 1.54) is 0 Å². The van der Waals surface area contributed by atoms with Crippen molar-refractivity contribution in [2.45, 2.75) is 13.8 Å². The minimum Gasteiger partial charge on any atom is -0.368 e. The van der Waals surface area contributed by atoms with Crippen molar-refractivity contribution >= 4 is 23.2 Å². The van der Waals surface area contributed by atoms with Gasteiger partial charge in [0.15, 0.2) is 0 Å². The molecule has 3 aromatic heterocycles. The molecule has 0 unspecified atom stereocenters. The fourth-order valence-electron chi connectivity index (χ4n) is 2.54. The Morgan fingerprint density at radius 1 is 1.16 bits per heavy atom. The number of pyridine rings is 1. The molecule has 0 spiro atoms. The molecule has 0 aliphatic heterocycles. The van der Waals surface area contributed by atoms with Gasteiger partial charge >= 0.3 is 0 Å². The van der Waals surface area contributed by atoms with E-state index in [2.05, 4.69) is 25.9 Å². The Morgan fingerprint density at radius 3 is 2.84 bits per heavy atom. The largest absolute Gasteiger partial charge is 0.368 e. The molecule has 1 amide bonds. The van der Waals surface area contributed by atoms with E-state index in [0.29, 0.717) is 24.6 Å². The van der Waals surface area contributed by atoms with Crippen LogP contribution in [0.25, 0.3) is 5.52 Å². The van der Waals surface area contributed by atoms with Crippen LogP contribution in [0.15, 0.2) is 42.7 Å². The van der Waals surface area contributed by atoms with E-state index in [-0.39, 0.29) is 5.91 Å². The highest BCUT2D eigenvalue weighted by Crippen LogP contribution is 2.10. The van der Waals surface area contributed by atoms with Crippen LogP contribution in [0.4, 0.5) is 11.8 Å². The molecule has 0 radical (unpaired) electrons. The van der Waals surface area contributed by atoms with Crippen molar-refractivity contribution in [3.05, 3.63) is 54.0 Å². The van der Waals surface area contributed by atoms with Crippen LogP contribution in [0, 0.1) is 6.92 Å². The molecule has 0 saturated heterocycles. The normalized spacial score (nSPS) is 10.6. The molecule has 0 bridgehead atoms. The van der Waals surface area contributed by atoms with Crippen LogP contribution in [0.2, 0.25) is 0 Å². The molecule has 0 atom stereocenters. The average Bonchev–Trinajstić information content (AvgIpc) is 3.02. The summed E-state index contributed by atoms with van der Waals surface area (Å²) >= 11 is 0. The van der Waals surface area contributed by atoms with Gasteiger partial charge in [0, 0.05) is 49.3 Å². The SMILES string of the molecule is CCNc1nc(C)cc(NCCNC(=O)c2cc3ccccn3c2)n1. The molecule has 0 saturated carbocycles. The summed E-state index contributed by atoms with van der Waals surface area (Å²) in [5.74, 6) is 1.26. The summed E-state index contributed by atoms with van der Waals surface area (Å²) in [6.07, 6.45) is 3.75.